The van der Waals surface area contributed by atoms with E-state index in [-0.39, 0.29) is 5.41 Å². The molecule has 1 spiro atoms. The highest BCUT2D eigenvalue weighted by Gasteiger charge is 2.61. The van der Waals surface area contributed by atoms with Gasteiger partial charge in [-0.25, -0.2) is 0 Å². The van der Waals surface area contributed by atoms with Crippen molar-refractivity contribution in [2.24, 2.45) is 23.7 Å². The zero-order valence-corrected chi connectivity index (χ0v) is 21.5. The first-order chi connectivity index (χ1) is 17.2. The van der Waals surface area contributed by atoms with Gasteiger partial charge in [0.05, 0.1) is 0 Å². The summed E-state index contributed by atoms with van der Waals surface area (Å²) in [6.07, 6.45) is 7.28. The second-order valence-corrected chi connectivity index (χ2v) is 12.4. The van der Waals surface area contributed by atoms with Crippen LogP contribution in [0.2, 0.25) is 0 Å². The number of rotatable bonds is 2. The Labute approximate surface area is 216 Å². The highest BCUT2D eigenvalue weighted by Crippen LogP contribution is 2.69. The summed E-state index contributed by atoms with van der Waals surface area (Å²) in [6.45, 7) is 0. The van der Waals surface area contributed by atoms with E-state index in [1.54, 1.807) is 11.1 Å². The van der Waals surface area contributed by atoms with E-state index in [1.165, 1.54) is 65.5 Å². The van der Waals surface area contributed by atoms with Crippen LogP contribution in [-0.2, 0) is 5.41 Å². The SMILES string of the molecule is Brc1ccccc1-c1ccc(-c2ccc3c(c2)-c2ccccc2C32C3CC4CC(C3)CC2C4)cc1. The van der Waals surface area contributed by atoms with Crippen molar-refractivity contribution in [2.45, 2.75) is 37.5 Å². The molecule has 0 nitrogen and oxygen atoms in total. The first-order valence-electron chi connectivity index (χ1n) is 13.3. The van der Waals surface area contributed by atoms with Crippen molar-refractivity contribution in [1.29, 1.82) is 0 Å². The van der Waals surface area contributed by atoms with Crippen LogP contribution in [0.4, 0.5) is 0 Å². The Morgan fingerprint density at radius 2 is 1.09 bits per heavy atom. The molecule has 4 saturated carbocycles. The first-order valence-corrected chi connectivity index (χ1v) is 14.1. The van der Waals surface area contributed by atoms with Crippen LogP contribution in [0.25, 0.3) is 33.4 Å². The topological polar surface area (TPSA) is 0 Å². The van der Waals surface area contributed by atoms with E-state index in [0.717, 1.165) is 28.1 Å². The van der Waals surface area contributed by atoms with Gasteiger partial charge in [-0.05, 0) is 112 Å². The van der Waals surface area contributed by atoms with Crippen LogP contribution in [0.5, 0.6) is 0 Å². The molecule has 5 aliphatic carbocycles. The average Bonchev–Trinajstić information content (AvgIpc) is 3.18. The molecule has 5 aliphatic rings. The van der Waals surface area contributed by atoms with E-state index in [4.69, 9.17) is 0 Å². The zero-order valence-electron chi connectivity index (χ0n) is 19.9. The van der Waals surface area contributed by atoms with E-state index in [1.807, 2.05) is 0 Å². The molecule has 4 bridgehead atoms. The van der Waals surface area contributed by atoms with Crippen molar-refractivity contribution in [2.75, 3.05) is 0 Å². The zero-order chi connectivity index (χ0) is 23.1. The predicted molar refractivity (Wildman–Crippen MR) is 148 cm³/mol. The molecule has 4 fully saturated rings. The fourth-order valence-electron chi connectivity index (χ4n) is 8.88. The normalized spacial score (nSPS) is 29.4. The van der Waals surface area contributed by atoms with E-state index >= 15 is 0 Å². The molecule has 0 atom stereocenters. The molecule has 1 heteroatoms. The monoisotopic (exact) mass is 516 g/mol. The van der Waals surface area contributed by atoms with E-state index in [0.29, 0.717) is 0 Å². The quantitative estimate of drug-likeness (QED) is 0.248. The molecule has 9 rings (SSSR count). The molecule has 0 unspecified atom stereocenters. The minimum atomic E-state index is 0.265. The molecule has 0 aliphatic heterocycles. The minimum absolute atomic E-state index is 0.265. The summed E-state index contributed by atoms with van der Waals surface area (Å²) in [5, 5.41) is 0. The molecule has 4 aromatic carbocycles. The van der Waals surface area contributed by atoms with Crippen LogP contribution in [0.3, 0.4) is 0 Å². The maximum atomic E-state index is 3.71. The van der Waals surface area contributed by atoms with Crippen molar-refractivity contribution in [3.63, 3.8) is 0 Å². The summed E-state index contributed by atoms with van der Waals surface area (Å²) in [5.41, 5.74) is 11.7. The largest absolute Gasteiger partial charge is 0.0619 e. The Balaban J connectivity index is 1.24. The summed E-state index contributed by atoms with van der Waals surface area (Å²) in [7, 11) is 0. The third-order valence-electron chi connectivity index (χ3n) is 9.96. The Morgan fingerprint density at radius 1 is 0.514 bits per heavy atom. The van der Waals surface area contributed by atoms with Crippen molar-refractivity contribution < 1.29 is 0 Å². The number of fused-ring (bicyclic) bond motifs is 3. The summed E-state index contributed by atoms with van der Waals surface area (Å²) >= 11 is 3.71. The Hall–Kier alpha value is -2.64. The summed E-state index contributed by atoms with van der Waals surface area (Å²) in [5.74, 6) is 3.63. The maximum Gasteiger partial charge on any atom is 0.0271 e. The second-order valence-electron chi connectivity index (χ2n) is 11.5. The fourth-order valence-corrected chi connectivity index (χ4v) is 9.39. The Kier molecular flexibility index (Phi) is 4.36. The van der Waals surface area contributed by atoms with Gasteiger partial charge in [0.1, 0.15) is 0 Å². The first kappa shape index (κ1) is 20.5. The lowest BCUT2D eigenvalue weighted by molar-refractivity contribution is -0.0399. The predicted octanol–water partition coefficient (Wildman–Crippen LogP) is 9.51. The van der Waals surface area contributed by atoms with Gasteiger partial charge < -0.3 is 0 Å². The molecular formula is C34H29Br. The van der Waals surface area contributed by atoms with Crippen LogP contribution >= 0.6 is 15.9 Å². The number of hydrogen-bond donors (Lipinski definition) is 0. The maximum absolute atomic E-state index is 3.71. The molecule has 35 heavy (non-hydrogen) atoms. The third-order valence-corrected chi connectivity index (χ3v) is 10.6. The molecular weight excluding hydrogens is 488 g/mol. The minimum Gasteiger partial charge on any atom is -0.0619 e. The summed E-state index contributed by atoms with van der Waals surface area (Å²) in [4.78, 5) is 0. The van der Waals surface area contributed by atoms with Crippen LogP contribution in [0, 0.1) is 23.7 Å². The molecule has 0 radical (unpaired) electrons. The van der Waals surface area contributed by atoms with Crippen molar-refractivity contribution in [3.8, 4) is 33.4 Å². The molecule has 0 heterocycles. The molecule has 0 N–H and O–H groups in total. The average molecular weight is 518 g/mol. The van der Waals surface area contributed by atoms with Gasteiger partial charge in [0.25, 0.3) is 0 Å². The van der Waals surface area contributed by atoms with Gasteiger partial charge in [0.2, 0.25) is 0 Å². The van der Waals surface area contributed by atoms with Gasteiger partial charge in [0, 0.05) is 9.89 Å². The third kappa shape index (κ3) is 2.79. The van der Waals surface area contributed by atoms with Crippen LogP contribution in [-0.4, -0.2) is 0 Å². The van der Waals surface area contributed by atoms with Gasteiger partial charge in [0.15, 0.2) is 0 Å². The lowest BCUT2D eigenvalue weighted by Crippen LogP contribution is -2.55. The fraction of sp³-hybridized carbons (Fsp3) is 0.294. The molecule has 4 aromatic rings. The molecule has 172 valence electrons. The van der Waals surface area contributed by atoms with Crippen molar-refractivity contribution in [1.82, 2.24) is 0 Å². The van der Waals surface area contributed by atoms with Crippen molar-refractivity contribution >= 4 is 15.9 Å². The summed E-state index contributed by atoms with van der Waals surface area (Å²) < 4.78 is 1.14. The second kappa shape index (κ2) is 7.43. The van der Waals surface area contributed by atoms with Crippen molar-refractivity contribution in [3.05, 3.63) is 107 Å². The van der Waals surface area contributed by atoms with Gasteiger partial charge in [-0.3, -0.25) is 0 Å². The van der Waals surface area contributed by atoms with E-state index in [2.05, 4.69) is 107 Å². The lowest BCUT2D eigenvalue weighted by Gasteiger charge is -2.61. The van der Waals surface area contributed by atoms with Crippen LogP contribution in [0.1, 0.15) is 43.2 Å². The van der Waals surface area contributed by atoms with Gasteiger partial charge in [-0.15, -0.1) is 0 Å². The smallest absolute Gasteiger partial charge is 0.0271 e. The molecule has 0 amide bonds. The molecule has 0 saturated heterocycles. The van der Waals surface area contributed by atoms with Gasteiger partial charge in [-0.2, -0.15) is 0 Å². The van der Waals surface area contributed by atoms with Gasteiger partial charge in [-0.1, -0.05) is 94.8 Å². The Morgan fingerprint density at radius 3 is 1.80 bits per heavy atom. The highest BCUT2D eigenvalue weighted by atomic mass is 79.9. The summed E-state index contributed by atoms with van der Waals surface area (Å²) in [6, 6.07) is 34.4. The van der Waals surface area contributed by atoms with E-state index in [9.17, 15) is 0 Å². The lowest BCUT2D eigenvalue weighted by atomic mass is 9.43. The standard InChI is InChI=1S/C34H29Br/c35-33-8-4-2-5-28(33)24-11-9-23(10-12-24)25-13-14-32-30(20-25)29-6-1-3-7-31(29)34(32)26-16-21-15-22(18-26)19-27(34)17-21/h1-14,20-22,26-27H,15-19H2. The van der Waals surface area contributed by atoms with Crippen LogP contribution in [0.15, 0.2) is 95.5 Å². The van der Waals surface area contributed by atoms with Crippen LogP contribution < -0.4 is 0 Å². The number of halogens is 1. The number of hydrogen-bond acceptors (Lipinski definition) is 0. The highest BCUT2D eigenvalue weighted by molar-refractivity contribution is 9.10. The van der Waals surface area contributed by atoms with Gasteiger partial charge >= 0.3 is 0 Å². The van der Waals surface area contributed by atoms with E-state index < -0.39 is 0 Å². The number of benzene rings is 4. The Bertz CT molecular complexity index is 1430. The molecule has 0 aromatic heterocycles.